The summed E-state index contributed by atoms with van der Waals surface area (Å²) in [5.41, 5.74) is 0.418. The van der Waals surface area contributed by atoms with Gasteiger partial charge in [0.25, 0.3) is 0 Å². The van der Waals surface area contributed by atoms with Crippen LogP contribution in [0.4, 0.5) is 0 Å². The van der Waals surface area contributed by atoms with Gasteiger partial charge >= 0.3 is 5.97 Å². The number of carbonyl (C=O) groups is 2. The van der Waals surface area contributed by atoms with Gasteiger partial charge in [-0.3, -0.25) is 9.59 Å². The molecule has 0 aromatic rings. The number of fused-ring (bicyclic) bond motifs is 5. The third-order valence-corrected chi connectivity index (χ3v) is 11.0. The van der Waals surface area contributed by atoms with E-state index in [1.807, 2.05) is 0 Å². The molecule has 0 aromatic carbocycles. The van der Waals surface area contributed by atoms with Crippen LogP contribution in [0.2, 0.25) is 0 Å². The van der Waals surface area contributed by atoms with E-state index in [1.54, 1.807) is 6.92 Å². The van der Waals surface area contributed by atoms with Crippen molar-refractivity contribution in [2.75, 3.05) is 0 Å². The quantitative estimate of drug-likeness (QED) is 0.581. The number of ether oxygens (including phenoxy) is 1. The molecular weight excluding hydrogens is 388 g/mol. The molecule has 9 atom stereocenters. The summed E-state index contributed by atoms with van der Waals surface area (Å²) in [4.78, 5) is 24.5. The normalized spacial score (nSPS) is 51.1. The molecule has 0 radical (unpaired) electrons. The highest BCUT2D eigenvalue weighted by atomic mass is 16.5. The maximum Gasteiger partial charge on any atom is 0.302 e. The number of esters is 1. The molecule has 4 aliphatic carbocycles. The van der Waals surface area contributed by atoms with E-state index in [2.05, 4.69) is 34.6 Å². The topological polar surface area (TPSA) is 63.6 Å². The van der Waals surface area contributed by atoms with E-state index in [9.17, 15) is 14.7 Å². The molecule has 4 heteroatoms. The summed E-state index contributed by atoms with van der Waals surface area (Å²) < 4.78 is 6.07. The first-order valence-corrected chi connectivity index (χ1v) is 12.6. The van der Waals surface area contributed by atoms with E-state index in [0.29, 0.717) is 30.1 Å². The van der Waals surface area contributed by atoms with Gasteiger partial charge in [0, 0.05) is 18.3 Å². The van der Waals surface area contributed by atoms with E-state index < -0.39 is 6.10 Å². The summed E-state index contributed by atoms with van der Waals surface area (Å²) in [6.45, 7) is 15.3. The Hall–Kier alpha value is -0.900. The zero-order valence-electron chi connectivity index (χ0n) is 20.8. The van der Waals surface area contributed by atoms with Crippen LogP contribution in [0.1, 0.15) is 99.8 Å². The van der Waals surface area contributed by atoms with Gasteiger partial charge in [0.1, 0.15) is 11.9 Å². The second-order valence-corrected chi connectivity index (χ2v) is 13.1. The van der Waals surface area contributed by atoms with Gasteiger partial charge in [-0.2, -0.15) is 0 Å². The molecule has 4 saturated carbocycles. The van der Waals surface area contributed by atoms with Gasteiger partial charge < -0.3 is 9.84 Å². The lowest BCUT2D eigenvalue weighted by molar-refractivity contribution is -0.250. The molecule has 1 N–H and O–H groups in total. The summed E-state index contributed by atoms with van der Waals surface area (Å²) in [7, 11) is 0. The van der Waals surface area contributed by atoms with Crippen LogP contribution in [0.5, 0.6) is 0 Å². The fourth-order valence-corrected chi connectivity index (χ4v) is 9.73. The largest absolute Gasteiger partial charge is 0.462 e. The zero-order chi connectivity index (χ0) is 23.0. The van der Waals surface area contributed by atoms with Crippen LogP contribution >= 0.6 is 0 Å². The fraction of sp³-hybridized carbons (Fsp3) is 0.926. The molecule has 4 aliphatic rings. The van der Waals surface area contributed by atoms with Crippen LogP contribution in [0.25, 0.3) is 0 Å². The maximum absolute atomic E-state index is 12.4. The van der Waals surface area contributed by atoms with Gasteiger partial charge in [-0.15, -0.1) is 0 Å². The van der Waals surface area contributed by atoms with Gasteiger partial charge in [0.15, 0.2) is 0 Å². The van der Waals surface area contributed by atoms with Crippen molar-refractivity contribution in [3.8, 4) is 0 Å². The van der Waals surface area contributed by atoms with Crippen molar-refractivity contribution in [3.05, 3.63) is 0 Å². The Morgan fingerprint density at radius 1 is 0.839 bits per heavy atom. The Labute approximate surface area is 188 Å². The third kappa shape index (κ3) is 3.33. The first-order valence-electron chi connectivity index (χ1n) is 12.6. The first kappa shape index (κ1) is 23.3. The lowest BCUT2D eigenvalue weighted by Crippen LogP contribution is -2.67. The first-order chi connectivity index (χ1) is 14.3. The van der Waals surface area contributed by atoms with Crippen molar-refractivity contribution in [3.63, 3.8) is 0 Å². The van der Waals surface area contributed by atoms with E-state index in [0.717, 1.165) is 6.42 Å². The van der Waals surface area contributed by atoms with Crippen molar-refractivity contribution in [2.45, 2.75) is 112 Å². The average Bonchev–Trinajstić information content (AvgIpc) is 2.63. The Bertz CT molecular complexity index is 758. The van der Waals surface area contributed by atoms with Gasteiger partial charge in [0.2, 0.25) is 0 Å². The second kappa shape index (κ2) is 7.30. The molecule has 0 amide bonds. The van der Waals surface area contributed by atoms with Crippen molar-refractivity contribution in [1.82, 2.24) is 0 Å². The molecule has 176 valence electrons. The number of ketones is 1. The Morgan fingerprint density at radius 3 is 2.06 bits per heavy atom. The van der Waals surface area contributed by atoms with E-state index in [1.165, 1.54) is 39.0 Å². The van der Waals surface area contributed by atoms with Crippen molar-refractivity contribution >= 4 is 11.8 Å². The Kier molecular flexibility index (Phi) is 5.48. The van der Waals surface area contributed by atoms with Gasteiger partial charge in [0.05, 0.1) is 6.10 Å². The molecule has 4 rings (SSSR count). The highest BCUT2D eigenvalue weighted by molar-refractivity contribution is 5.79. The van der Waals surface area contributed by atoms with Crippen LogP contribution in [-0.4, -0.2) is 29.1 Å². The summed E-state index contributed by atoms with van der Waals surface area (Å²) in [5.74, 6) is 0.914. The minimum absolute atomic E-state index is 0.0609. The Balaban J connectivity index is 1.79. The smallest absolute Gasteiger partial charge is 0.302 e. The SMILES string of the molecule is CC(=O)O[C@H]1C[C@H]2[C@@](C)(CC[C@H]3C(C)(C)CCC[C@]23C)[C@@H]2C[C@H](O)[C@@H](C(C)=O)C[C@]21C. The zero-order valence-corrected chi connectivity index (χ0v) is 20.8. The third-order valence-electron chi connectivity index (χ3n) is 11.0. The average molecular weight is 433 g/mol. The highest BCUT2D eigenvalue weighted by Gasteiger charge is 2.68. The number of carbonyl (C=O) groups excluding carboxylic acids is 2. The summed E-state index contributed by atoms with van der Waals surface area (Å²) >= 11 is 0. The Morgan fingerprint density at radius 2 is 1.45 bits per heavy atom. The van der Waals surface area contributed by atoms with Gasteiger partial charge in [-0.05, 0) is 85.9 Å². The fourth-order valence-electron chi connectivity index (χ4n) is 9.73. The number of hydrogen-bond acceptors (Lipinski definition) is 4. The standard InChI is InChI=1S/C27H44O4/c1-16(28)18-15-27(7)21(13-19(18)30)26(6)12-9-20-24(3,4)10-8-11-25(20,5)22(26)14-23(27)31-17(2)29/h18-23,30H,8-15H2,1-7H3/t18-,19+,20+,21+,22-,23+,25+,26+,27-/m1/s1. The van der Waals surface area contributed by atoms with Crippen molar-refractivity contribution in [2.24, 2.45) is 45.3 Å². The molecule has 0 saturated heterocycles. The number of hydrogen-bond donors (Lipinski definition) is 1. The van der Waals surface area contributed by atoms with E-state index >= 15 is 0 Å². The lowest BCUT2D eigenvalue weighted by Gasteiger charge is -2.70. The lowest BCUT2D eigenvalue weighted by atomic mass is 9.35. The molecule has 0 aromatic heterocycles. The molecule has 0 bridgehead atoms. The maximum atomic E-state index is 12.4. The van der Waals surface area contributed by atoms with E-state index in [-0.39, 0.29) is 45.9 Å². The summed E-state index contributed by atoms with van der Waals surface area (Å²) in [6, 6.07) is 0. The molecule has 4 fully saturated rings. The monoisotopic (exact) mass is 432 g/mol. The molecule has 0 aliphatic heterocycles. The van der Waals surface area contributed by atoms with E-state index in [4.69, 9.17) is 4.74 Å². The van der Waals surface area contributed by atoms with Crippen molar-refractivity contribution in [1.29, 1.82) is 0 Å². The predicted molar refractivity (Wildman–Crippen MR) is 121 cm³/mol. The molecular formula is C27H44O4. The highest BCUT2D eigenvalue weighted by Crippen LogP contribution is 2.73. The minimum atomic E-state index is -0.586. The molecule has 0 unspecified atom stereocenters. The number of rotatable bonds is 2. The second-order valence-electron chi connectivity index (χ2n) is 13.1. The van der Waals surface area contributed by atoms with Crippen molar-refractivity contribution < 1.29 is 19.4 Å². The number of aliphatic hydroxyl groups is 1. The molecule has 4 nitrogen and oxygen atoms in total. The van der Waals surface area contributed by atoms with Crippen LogP contribution in [-0.2, 0) is 14.3 Å². The summed E-state index contributed by atoms with van der Waals surface area (Å²) in [6.07, 6.45) is 7.63. The number of aliphatic hydroxyl groups excluding tert-OH is 1. The van der Waals surface area contributed by atoms with Crippen LogP contribution in [0, 0.1) is 45.3 Å². The molecule has 0 heterocycles. The minimum Gasteiger partial charge on any atom is -0.462 e. The van der Waals surface area contributed by atoms with Gasteiger partial charge in [-0.25, -0.2) is 0 Å². The van der Waals surface area contributed by atoms with Gasteiger partial charge in [-0.1, -0.05) is 41.0 Å². The van der Waals surface area contributed by atoms with Crippen LogP contribution in [0.15, 0.2) is 0 Å². The van der Waals surface area contributed by atoms with Crippen LogP contribution < -0.4 is 0 Å². The summed E-state index contributed by atoms with van der Waals surface area (Å²) in [5, 5.41) is 11.0. The molecule has 31 heavy (non-hydrogen) atoms. The van der Waals surface area contributed by atoms with Crippen LogP contribution in [0.3, 0.4) is 0 Å². The molecule has 0 spiro atoms. The predicted octanol–water partition coefficient (Wildman–Crippen LogP) is 5.55. The number of Topliss-reactive ketones (excluding diaryl/α,β-unsaturated/α-hetero) is 1.